The zero-order chi connectivity index (χ0) is 27.8. The molecular formula is C26H37ClF3N3O4. The number of carbonyl (C=O) groups is 3. The molecule has 208 valence electrons. The summed E-state index contributed by atoms with van der Waals surface area (Å²) in [6, 6.07) is 7.00. The summed E-state index contributed by atoms with van der Waals surface area (Å²) in [7, 11) is 0. The average Bonchev–Trinajstić information content (AvgIpc) is 3.33. The molecule has 37 heavy (non-hydrogen) atoms. The smallest absolute Gasteiger partial charge is 0.475 e. The van der Waals surface area contributed by atoms with E-state index < -0.39 is 18.2 Å². The number of benzene rings is 1. The van der Waals surface area contributed by atoms with Gasteiger partial charge in [0.15, 0.2) is 0 Å². The quantitative estimate of drug-likeness (QED) is 0.523. The highest BCUT2D eigenvalue weighted by Crippen LogP contribution is 2.28. The van der Waals surface area contributed by atoms with E-state index in [9.17, 15) is 22.8 Å². The zero-order valence-electron chi connectivity index (χ0n) is 21.3. The van der Waals surface area contributed by atoms with Crippen LogP contribution in [0.15, 0.2) is 24.3 Å². The van der Waals surface area contributed by atoms with E-state index in [-0.39, 0.29) is 23.8 Å². The molecule has 0 spiro atoms. The molecule has 0 radical (unpaired) electrons. The van der Waals surface area contributed by atoms with Gasteiger partial charge in [0, 0.05) is 30.6 Å². The van der Waals surface area contributed by atoms with Crippen LogP contribution in [0.2, 0.25) is 5.02 Å². The van der Waals surface area contributed by atoms with E-state index in [1.807, 2.05) is 43.0 Å². The van der Waals surface area contributed by atoms with Gasteiger partial charge in [-0.2, -0.15) is 13.2 Å². The highest BCUT2D eigenvalue weighted by Gasteiger charge is 2.38. The van der Waals surface area contributed by atoms with Crippen LogP contribution >= 0.6 is 11.6 Å². The van der Waals surface area contributed by atoms with Crippen LogP contribution < -0.4 is 5.73 Å². The van der Waals surface area contributed by atoms with E-state index in [1.54, 1.807) is 0 Å². The first kappa shape index (κ1) is 30.9. The topological polar surface area (TPSA) is 104 Å². The van der Waals surface area contributed by atoms with Crippen molar-refractivity contribution in [1.29, 1.82) is 0 Å². The van der Waals surface area contributed by atoms with Gasteiger partial charge in [0.05, 0.1) is 12.1 Å². The molecule has 0 aromatic heterocycles. The van der Waals surface area contributed by atoms with Crippen LogP contribution in [0, 0.1) is 11.8 Å². The number of rotatable bonds is 7. The Morgan fingerprint density at radius 3 is 2.19 bits per heavy atom. The second-order valence-corrected chi connectivity index (χ2v) is 10.6. The van der Waals surface area contributed by atoms with Gasteiger partial charge in [-0.25, -0.2) is 4.79 Å². The maximum absolute atomic E-state index is 13.0. The molecule has 2 atom stereocenters. The number of halogens is 4. The molecule has 3 rings (SSSR count). The molecule has 2 fully saturated rings. The molecule has 1 aromatic carbocycles. The van der Waals surface area contributed by atoms with Crippen LogP contribution in [0.1, 0.15) is 57.9 Å². The van der Waals surface area contributed by atoms with Crippen molar-refractivity contribution < 1.29 is 32.7 Å². The molecule has 7 nitrogen and oxygen atoms in total. The number of likely N-dealkylation sites (tertiary alicyclic amines) is 1. The van der Waals surface area contributed by atoms with Crippen LogP contribution in [-0.4, -0.2) is 70.6 Å². The summed E-state index contributed by atoms with van der Waals surface area (Å²) >= 11 is 5.94. The maximum atomic E-state index is 13.0. The fourth-order valence-corrected chi connectivity index (χ4v) is 4.92. The molecule has 2 amide bonds. The minimum Gasteiger partial charge on any atom is -0.475 e. The summed E-state index contributed by atoms with van der Waals surface area (Å²) < 4.78 is 31.7. The number of carbonyl (C=O) groups excluding carboxylic acids is 2. The molecule has 2 aliphatic rings. The van der Waals surface area contributed by atoms with Crippen molar-refractivity contribution in [3.8, 4) is 0 Å². The fourth-order valence-electron chi connectivity index (χ4n) is 4.79. The summed E-state index contributed by atoms with van der Waals surface area (Å²) in [5, 5.41) is 7.80. The second-order valence-electron chi connectivity index (χ2n) is 10.1. The van der Waals surface area contributed by atoms with Crippen molar-refractivity contribution in [2.45, 2.75) is 77.1 Å². The van der Waals surface area contributed by atoms with Crippen molar-refractivity contribution in [1.82, 2.24) is 9.80 Å². The minimum absolute atomic E-state index is 0.0227. The van der Waals surface area contributed by atoms with E-state index in [0.29, 0.717) is 30.5 Å². The Hall–Kier alpha value is -2.33. The fraction of sp³-hybridized carbons (Fsp3) is 0.654. The van der Waals surface area contributed by atoms with E-state index >= 15 is 0 Å². The SMILES string of the molecule is CC(C)C(=O)N(CC1CCCCC1)C1CCN(C(=O)C(N)Cc2ccc(Cl)cc2)C1.O=C(O)C(F)(F)F. The van der Waals surface area contributed by atoms with E-state index in [0.717, 1.165) is 18.5 Å². The predicted molar refractivity (Wildman–Crippen MR) is 135 cm³/mol. The van der Waals surface area contributed by atoms with Crippen molar-refractivity contribution in [3.05, 3.63) is 34.9 Å². The molecule has 11 heteroatoms. The highest BCUT2D eigenvalue weighted by atomic mass is 35.5. The molecule has 1 saturated carbocycles. The summed E-state index contributed by atoms with van der Waals surface area (Å²) in [6.07, 6.45) is 2.52. The third-order valence-corrected chi connectivity index (χ3v) is 7.05. The first-order valence-corrected chi connectivity index (χ1v) is 13.1. The summed E-state index contributed by atoms with van der Waals surface area (Å²) in [5.41, 5.74) is 7.25. The molecule has 3 N–H and O–H groups in total. The van der Waals surface area contributed by atoms with Gasteiger partial charge in [0.2, 0.25) is 11.8 Å². The Morgan fingerprint density at radius 1 is 1.11 bits per heavy atom. The van der Waals surface area contributed by atoms with E-state index in [4.69, 9.17) is 27.2 Å². The Balaban J connectivity index is 0.000000604. The number of nitrogens with zero attached hydrogens (tertiary/aromatic N) is 2. The van der Waals surface area contributed by atoms with Crippen molar-refractivity contribution >= 4 is 29.4 Å². The monoisotopic (exact) mass is 547 g/mol. The lowest BCUT2D eigenvalue weighted by Crippen LogP contribution is -2.49. The third-order valence-electron chi connectivity index (χ3n) is 6.80. The molecule has 1 aromatic rings. The molecule has 0 bridgehead atoms. The van der Waals surface area contributed by atoms with Crippen LogP contribution in [-0.2, 0) is 20.8 Å². The molecular weight excluding hydrogens is 511 g/mol. The van der Waals surface area contributed by atoms with Gasteiger partial charge in [-0.1, -0.05) is 56.8 Å². The maximum Gasteiger partial charge on any atom is 0.490 e. The first-order valence-electron chi connectivity index (χ1n) is 12.7. The number of carboxylic acid groups (broad SMARTS) is 1. The summed E-state index contributed by atoms with van der Waals surface area (Å²) in [4.78, 5) is 38.8. The first-order chi connectivity index (χ1) is 17.3. The van der Waals surface area contributed by atoms with Gasteiger partial charge < -0.3 is 20.6 Å². The number of aliphatic carboxylic acids is 1. The highest BCUT2D eigenvalue weighted by molar-refractivity contribution is 6.30. The Kier molecular flexibility index (Phi) is 11.7. The predicted octanol–water partition coefficient (Wildman–Crippen LogP) is 4.51. The Labute approximate surface area is 221 Å². The number of nitrogens with two attached hydrogens (primary N) is 1. The number of amides is 2. The normalized spacial score (nSPS) is 19.2. The third kappa shape index (κ3) is 9.81. The van der Waals surface area contributed by atoms with E-state index in [1.165, 1.54) is 32.1 Å². The number of hydrogen-bond donors (Lipinski definition) is 2. The average molecular weight is 548 g/mol. The standard InChI is InChI=1S/C24H36ClN3O2.C2HF3O2/c1-17(2)23(29)28(15-19-6-4-3-5-7-19)21-12-13-27(16-21)24(30)22(26)14-18-8-10-20(25)11-9-18;3-2(4,5)1(6)7/h8-11,17,19,21-22H,3-7,12-16,26H2,1-2H3;(H,6,7). The minimum atomic E-state index is -5.08. The van der Waals surface area contributed by atoms with Crippen LogP contribution in [0.25, 0.3) is 0 Å². The largest absolute Gasteiger partial charge is 0.490 e. The number of hydrogen-bond acceptors (Lipinski definition) is 4. The van der Waals surface area contributed by atoms with Gasteiger partial charge in [0.25, 0.3) is 0 Å². The lowest BCUT2D eigenvalue weighted by molar-refractivity contribution is -0.192. The van der Waals surface area contributed by atoms with Crippen molar-refractivity contribution in [3.63, 3.8) is 0 Å². The van der Waals surface area contributed by atoms with Crippen LogP contribution in [0.4, 0.5) is 13.2 Å². The van der Waals surface area contributed by atoms with E-state index in [2.05, 4.69) is 4.90 Å². The number of carboxylic acids is 1. The lowest BCUT2D eigenvalue weighted by atomic mass is 9.88. The van der Waals surface area contributed by atoms with Gasteiger partial charge >= 0.3 is 12.1 Å². The Morgan fingerprint density at radius 2 is 1.68 bits per heavy atom. The van der Waals surface area contributed by atoms with Gasteiger partial charge in [0.1, 0.15) is 0 Å². The van der Waals surface area contributed by atoms with Gasteiger partial charge in [-0.15, -0.1) is 0 Å². The molecule has 1 heterocycles. The molecule has 2 unspecified atom stereocenters. The van der Waals surface area contributed by atoms with Gasteiger partial charge in [-0.3, -0.25) is 9.59 Å². The van der Waals surface area contributed by atoms with Gasteiger partial charge in [-0.05, 0) is 49.3 Å². The summed E-state index contributed by atoms with van der Waals surface area (Å²) in [6.45, 7) is 6.04. The number of alkyl halides is 3. The molecule has 1 aliphatic heterocycles. The molecule has 1 saturated heterocycles. The van der Waals surface area contributed by atoms with Crippen molar-refractivity contribution in [2.24, 2.45) is 17.6 Å². The van der Waals surface area contributed by atoms with Crippen molar-refractivity contribution in [2.75, 3.05) is 19.6 Å². The van der Waals surface area contributed by atoms with Crippen LogP contribution in [0.5, 0.6) is 0 Å². The summed E-state index contributed by atoms with van der Waals surface area (Å²) in [5.74, 6) is -2.00. The second kappa shape index (κ2) is 14.0. The zero-order valence-corrected chi connectivity index (χ0v) is 22.1. The molecule has 1 aliphatic carbocycles. The van der Waals surface area contributed by atoms with Crippen LogP contribution in [0.3, 0.4) is 0 Å². The Bertz CT molecular complexity index is 905. The lowest BCUT2D eigenvalue weighted by Gasteiger charge is -2.35.